The lowest BCUT2D eigenvalue weighted by Crippen LogP contribution is -2.46. The molecule has 0 bridgehead atoms. The number of ether oxygens (including phenoxy) is 1. The molecule has 164 valence electrons. The van der Waals surface area contributed by atoms with Crippen LogP contribution in [-0.4, -0.2) is 62.5 Å². The molecule has 2 heterocycles. The van der Waals surface area contributed by atoms with Crippen LogP contribution in [0, 0.1) is 6.92 Å². The molecule has 1 saturated heterocycles. The largest absolute Gasteiger partial charge is 0.482 e. The van der Waals surface area contributed by atoms with Gasteiger partial charge < -0.3 is 14.5 Å². The van der Waals surface area contributed by atoms with Crippen LogP contribution in [0.2, 0.25) is 0 Å². The molecule has 2 aromatic carbocycles. The standard InChI is InChI=1S/C25H31N3O3/c1-19-5-8-22(9-6-19)27-15-13-26(14-16-27)11-3-4-12-28-23-10-7-21(20(2)29)17-24(23)31-18-25(28)30/h5-10,17H,3-4,11-16,18H2,1-2H3. The van der Waals surface area contributed by atoms with E-state index >= 15 is 0 Å². The van der Waals surface area contributed by atoms with Crippen molar-refractivity contribution in [2.45, 2.75) is 26.7 Å². The van der Waals surface area contributed by atoms with Crippen LogP contribution in [0.3, 0.4) is 0 Å². The Labute approximate surface area is 184 Å². The van der Waals surface area contributed by atoms with Gasteiger partial charge in [-0.15, -0.1) is 0 Å². The van der Waals surface area contributed by atoms with Gasteiger partial charge in [0.25, 0.3) is 5.91 Å². The second-order valence-corrected chi connectivity index (χ2v) is 8.44. The molecule has 0 spiro atoms. The van der Waals surface area contributed by atoms with Crippen LogP contribution in [0.15, 0.2) is 42.5 Å². The number of carbonyl (C=O) groups excluding carboxylic acids is 2. The highest BCUT2D eigenvalue weighted by molar-refractivity contribution is 6.00. The summed E-state index contributed by atoms with van der Waals surface area (Å²) in [5.74, 6) is 0.603. The van der Waals surface area contributed by atoms with E-state index in [4.69, 9.17) is 4.74 Å². The monoisotopic (exact) mass is 421 g/mol. The molecule has 2 aliphatic rings. The molecule has 2 aromatic rings. The molecule has 2 aliphatic heterocycles. The van der Waals surface area contributed by atoms with E-state index in [2.05, 4.69) is 41.0 Å². The topological polar surface area (TPSA) is 53.1 Å². The number of unbranched alkanes of at least 4 members (excludes halogenated alkanes) is 1. The minimum atomic E-state index is -0.0187. The van der Waals surface area contributed by atoms with Crippen LogP contribution in [0.1, 0.15) is 35.7 Å². The number of rotatable bonds is 7. The van der Waals surface area contributed by atoms with Gasteiger partial charge in [-0.05, 0) is 63.6 Å². The average molecular weight is 422 g/mol. The maximum Gasteiger partial charge on any atom is 0.265 e. The predicted molar refractivity (Wildman–Crippen MR) is 123 cm³/mol. The van der Waals surface area contributed by atoms with E-state index in [0.717, 1.165) is 51.3 Å². The third-order valence-corrected chi connectivity index (χ3v) is 6.19. The molecular weight excluding hydrogens is 390 g/mol. The van der Waals surface area contributed by atoms with Gasteiger partial charge in [-0.2, -0.15) is 0 Å². The number of carbonyl (C=O) groups is 2. The van der Waals surface area contributed by atoms with Crippen molar-refractivity contribution in [1.29, 1.82) is 0 Å². The van der Waals surface area contributed by atoms with Crippen molar-refractivity contribution in [3.05, 3.63) is 53.6 Å². The van der Waals surface area contributed by atoms with Crippen molar-refractivity contribution in [1.82, 2.24) is 4.90 Å². The molecule has 0 saturated carbocycles. The number of benzene rings is 2. The second-order valence-electron chi connectivity index (χ2n) is 8.44. The minimum absolute atomic E-state index is 0.00248. The molecule has 1 fully saturated rings. The van der Waals surface area contributed by atoms with Crippen LogP contribution in [-0.2, 0) is 4.79 Å². The van der Waals surface area contributed by atoms with Crippen molar-refractivity contribution in [3.8, 4) is 5.75 Å². The summed E-state index contributed by atoms with van der Waals surface area (Å²) in [4.78, 5) is 30.8. The van der Waals surface area contributed by atoms with Crippen molar-refractivity contribution < 1.29 is 14.3 Å². The Hall–Kier alpha value is -2.86. The summed E-state index contributed by atoms with van der Waals surface area (Å²) in [7, 11) is 0. The number of ketones is 1. The lowest BCUT2D eigenvalue weighted by atomic mass is 10.1. The Bertz CT molecular complexity index is 934. The molecule has 0 atom stereocenters. The lowest BCUT2D eigenvalue weighted by molar-refractivity contribution is -0.121. The van der Waals surface area contributed by atoms with Crippen LogP contribution < -0.4 is 14.5 Å². The number of anilines is 2. The smallest absolute Gasteiger partial charge is 0.265 e. The number of hydrogen-bond acceptors (Lipinski definition) is 5. The van der Waals surface area contributed by atoms with Crippen molar-refractivity contribution >= 4 is 23.1 Å². The highest BCUT2D eigenvalue weighted by Crippen LogP contribution is 2.33. The van der Waals surface area contributed by atoms with E-state index in [0.29, 0.717) is 17.9 Å². The van der Waals surface area contributed by atoms with Crippen molar-refractivity contribution in [2.75, 3.05) is 55.7 Å². The van der Waals surface area contributed by atoms with Gasteiger partial charge >= 0.3 is 0 Å². The number of piperazine rings is 1. The van der Waals surface area contributed by atoms with Gasteiger partial charge in [0.05, 0.1) is 5.69 Å². The van der Waals surface area contributed by atoms with E-state index in [1.807, 2.05) is 6.07 Å². The van der Waals surface area contributed by atoms with E-state index < -0.39 is 0 Å². The molecule has 6 heteroatoms. The fourth-order valence-electron chi connectivity index (χ4n) is 4.26. The Morgan fingerprint density at radius 3 is 2.39 bits per heavy atom. The summed E-state index contributed by atoms with van der Waals surface area (Å²) in [6, 6.07) is 14.1. The molecule has 4 rings (SSSR count). The quantitative estimate of drug-likeness (QED) is 0.506. The summed E-state index contributed by atoms with van der Waals surface area (Å²) >= 11 is 0. The normalized spacial score (nSPS) is 16.8. The van der Waals surface area contributed by atoms with E-state index in [-0.39, 0.29) is 18.3 Å². The molecular formula is C25H31N3O3. The predicted octanol–water partition coefficient (Wildman–Crippen LogP) is 3.53. The zero-order valence-corrected chi connectivity index (χ0v) is 18.5. The SMILES string of the molecule is CC(=O)c1ccc2c(c1)OCC(=O)N2CCCCN1CCN(c2ccc(C)cc2)CC1. The number of nitrogens with zero attached hydrogens (tertiary/aromatic N) is 3. The lowest BCUT2D eigenvalue weighted by Gasteiger charge is -2.36. The second kappa shape index (κ2) is 9.52. The van der Waals surface area contributed by atoms with Gasteiger partial charge in [0.2, 0.25) is 0 Å². The van der Waals surface area contributed by atoms with Crippen molar-refractivity contribution in [3.63, 3.8) is 0 Å². The zero-order chi connectivity index (χ0) is 21.8. The number of hydrogen-bond donors (Lipinski definition) is 0. The van der Waals surface area contributed by atoms with Gasteiger partial charge in [-0.1, -0.05) is 17.7 Å². The Kier molecular flexibility index (Phi) is 6.56. The van der Waals surface area contributed by atoms with Crippen LogP contribution >= 0.6 is 0 Å². The van der Waals surface area contributed by atoms with Crippen LogP contribution in [0.5, 0.6) is 5.75 Å². The minimum Gasteiger partial charge on any atom is -0.482 e. The number of fused-ring (bicyclic) bond motifs is 1. The maximum absolute atomic E-state index is 12.4. The molecule has 0 unspecified atom stereocenters. The van der Waals surface area contributed by atoms with Gasteiger partial charge in [-0.25, -0.2) is 0 Å². The van der Waals surface area contributed by atoms with Crippen LogP contribution in [0.25, 0.3) is 0 Å². The Morgan fingerprint density at radius 2 is 1.68 bits per heavy atom. The first kappa shape index (κ1) is 21.4. The highest BCUT2D eigenvalue weighted by atomic mass is 16.5. The van der Waals surface area contributed by atoms with Gasteiger partial charge in [0.1, 0.15) is 5.75 Å². The summed E-state index contributed by atoms with van der Waals surface area (Å²) in [6.45, 7) is 9.67. The Balaban J connectivity index is 1.24. The van der Waals surface area contributed by atoms with E-state index in [1.165, 1.54) is 18.2 Å². The maximum atomic E-state index is 12.4. The summed E-state index contributed by atoms with van der Waals surface area (Å²) < 4.78 is 5.55. The Morgan fingerprint density at radius 1 is 0.968 bits per heavy atom. The first-order valence-corrected chi connectivity index (χ1v) is 11.1. The van der Waals surface area contributed by atoms with E-state index in [1.54, 1.807) is 17.0 Å². The van der Waals surface area contributed by atoms with E-state index in [9.17, 15) is 9.59 Å². The third-order valence-electron chi connectivity index (χ3n) is 6.19. The fourth-order valence-corrected chi connectivity index (χ4v) is 4.26. The molecule has 31 heavy (non-hydrogen) atoms. The molecule has 1 amide bonds. The first-order valence-electron chi connectivity index (χ1n) is 11.1. The average Bonchev–Trinajstić information content (AvgIpc) is 2.78. The number of amides is 1. The van der Waals surface area contributed by atoms with Crippen LogP contribution in [0.4, 0.5) is 11.4 Å². The highest BCUT2D eigenvalue weighted by Gasteiger charge is 2.26. The fraction of sp³-hybridized carbons (Fsp3) is 0.440. The molecule has 0 aromatic heterocycles. The number of aryl methyl sites for hydroxylation is 1. The molecule has 0 radical (unpaired) electrons. The van der Waals surface area contributed by atoms with Gasteiger partial charge in [0, 0.05) is 44.0 Å². The zero-order valence-electron chi connectivity index (χ0n) is 18.5. The molecule has 6 nitrogen and oxygen atoms in total. The third kappa shape index (κ3) is 5.07. The molecule has 0 aliphatic carbocycles. The van der Waals surface area contributed by atoms with Gasteiger partial charge in [-0.3, -0.25) is 14.5 Å². The summed E-state index contributed by atoms with van der Waals surface area (Å²) in [6.07, 6.45) is 1.99. The van der Waals surface area contributed by atoms with Crippen molar-refractivity contribution in [2.24, 2.45) is 0 Å². The molecule has 0 N–H and O–H groups in total. The number of Topliss-reactive ketones (excluding diaryl/α,β-unsaturated/α-hetero) is 1. The summed E-state index contributed by atoms with van der Waals surface area (Å²) in [5.41, 5.74) is 3.98. The summed E-state index contributed by atoms with van der Waals surface area (Å²) in [5, 5.41) is 0. The first-order chi connectivity index (χ1) is 15.0. The van der Waals surface area contributed by atoms with Gasteiger partial charge in [0.15, 0.2) is 12.4 Å².